The first-order valence-corrected chi connectivity index (χ1v) is 4.16. The topological polar surface area (TPSA) is 43.4 Å². The molecule has 0 spiro atoms. The van der Waals surface area contributed by atoms with Crippen molar-refractivity contribution in [3.05, 3.63) is 0 Å². The van der Waals surface area contributed by atoms with Crippen LogP contribution in [-0.2, 0) is 23.9 Å². The van der Waals surface area contributed by atoms with E-state index in [1.54, 1.807) is 0 Å². The molecule has 0 aliphatic carbocycles. The van der Waals surface area contributed by atoms with Crippen LogP contribution in [0, 0.1) is 29.9 Å². The zero-order valence-electron chi connectivity index (χ0n) is 2.17. The van der Waals surface area contributed by atoms with E-state index >= 15 is 0 Å². The molecule has 5 heavy (non-hydrogen) atoms. The Morgan fingerprint density at radius 1 is 1.60 bits per heavy atom. The third kappa shape index (κ3) is 5.20. The molecule has 5 heteroatoms. The van der Waals surface area contributed by atoms with Crippen molar-refractivity contribution >= 4 is 0 Å². The Morgan fingerprint density at radius 2 is 1.80 bits per heavy atom. The molecule has 0 aliphatic heterocycles. The standard InChI is InChI=1S/3O.U.V. The summed E-state index contributed by atoms with van der Waals surface area (Å²) in [5, 5.41) is 0. The Balaban J connectivity index is 3.23. The van der Waals surface area contributed by atoms with E-state index < -0.39 is 15.4 Å². The zero-order chi connectivity index (χ0) is 4.28. The first-order valence-electron chi connectivity index (χ1n) is 0.752. The van der Waals surface area contributed by atoms with E-state index in [1.807, 2.05) is 0 Å². The fourth-order valence-electron chi connectivity index (χ4n) is 0. The van der Waals surface area contributed by atoms with Gasteiger partial charge in [-0.25, -0.2) is 0 Å². The normalized spacial score (nSPS) is 7.60. The minimum absolute atomic E-state index is 0.138. The molecule has 0 aromatic heterocycles. The first-order chi connectivity index (χ1) is 2.27. The molecule has 0 aliphatic rings. The van der Waals surface area contributed by atoms with Crippen LogP contribution < -0.4 is 0 Å². The van der Waals surface area contributed by atoms with E-state index in [9.17, 15) is 7.35 Å². The van der Waals surface area contributed by atoms with Gasteiger partial charge in [-0.05, 0) is 0 Å². The molecule has 0 aromatic rings. The molecule has 0 saturated carbocycles. The molecule has 0 amide bonds. The van der Waals surface area contributed by atoms with Gasteiger partial charge in [-0.2, -0.15) is 0 Å². The Morgan fingerprint density at radius 3 is 1.80 bits per heavy atom. The monoisotopic (exact) mass is 337 g/mol. The third-order valence-corrected chi connectivity index (χ3v) is 2.87. The van der Waals surface area contributed by atoms with Crippen molar-refractivity contribution < 1.29 is 53.8 Å². The predicted octanol–water partition coefficient (Wildman–Crippen LogP) is -0.308. The third-order valence-electron chi connectivity index (χ3n) is 0.0745. The Hall–Kier alpha value is 1.20. The molecule has 0 rings (SSSR count). The van der Waals surface area contributed by atoms with E-state index in [1.165, 1.54) is 0 Å². The van der Waals surface area contributed by atoms with Crippen molar-refractivity contribution in [2.75, 3.05) is 0 Å². The molecule has 3 nitrogen and oxygen atoms in total. The minimum atomic E-state index is -3.13. The van der Waals surface area contributed by atoms with Gasteiger partial charge in [0.15, 0.2) is 0 Å². The van der Waals surface area contributed by atoms with E-state index in [0.29, 0.717) is 0 Å². The molecule has 0 unspecified atom stereocenters. The molecule has 0 heterocycles. The zero-order valence-corrected chi connectivity index (χ0v) is 7.73. The second-order valence-corrected chi connectivity index (χ2v) is 4.43. The molecule has 0 fully saturated rings. The molecular formula is O3UV. The van der Waals surface area contributed by atoms with Crippen molar-refractivity contribution in [3.8, 4) is 0 Å². The van der Waals surface area contributed by atoms with E-state index in [-0.39, 0.29) is 29.9 Å². The van der Waals surface area contributed by atoms with Crippen LogP contribution in [-0.4, -0.2) is 0 Å². The molecule has 0 atom stereocenters. The van der Waals surface area contributed by atoms with E-state index in [2.05, 4.69) is 1.17 Å². The average molecular weight is 337 g/mol. The summed E-state index contributed by atoms with van der Waals surface area (Å²) in [6.07, 6.45) is 0. The van der Waals surface area contributed by atoms with Gasteiger partial charge >= 0.3 is 53.8 Å². The summed E-state index contributed by atoms with van der Waals surface area (Å²) >= 11 is -2.99. The maximum atomic E-state index is 9.31. The number of hydrogen-bond donors (Lipinski definition) is 0. The van der Waals surface area contributed by atoms with Crippen LogP contribution in [0.5, 0.6) is 0 Å². The molecular weight excluding hydrogens is 337 g/mol. The quantitative estimate of drug-likeness (QED) is 0.660. The summed E-state index contributed by atoms with van der Waals surface area (Å²) in [7, 11) is 0. The van der Waals surface area contributed by atoms with Crippen LogP contribution >= 0.6 is 0 Å². The van der Waals surface area contributed by atoms with Gasteiger partial charge in [-0.1, -0.05) is 0 Å². The maximum absolute atomic E-state index is 9.31. The van der Waals surface area contributed by atoms with E-state index in [0.717, 1.165) is 0 Å². The summed E-state index contributed by atoms with van der Waals surface area (Å²) in [5.74, 6) is 0. The molecule has 27 valence electrons. The van der Waals surface area contributed by atoms with Gasteiger partial charge < -0.3 is 0 Å². The van der Waals surface area contributed by atoms with Crippen molar-refractivity contribution in [2.24, 2.45) is 0 Å². The van der Waals surface area contributed by atoms with Crippen molar-refractivity contribution in [1.29, 1.82) is 0 Å². The number of hydrogen-bond acceptors (Lipinski definition) is 3. The van der Waals surface area contributed by atoms with Crippen LogP contribution in [0.4, 0.5) is 0 Å². The molecule has 0 aromatic carbocycles. The van der Waals surface area contributed by atoms with Gasteiger partial charge in [-0.3, -0.25) is 0 Å². The van der Waals surface area contributed by atoms with Crippen LogP contribution in [0.15, 0.2) is 0 Å². The Bertz CT molecular complexity index is 65.0. The SMILES string of the molecule is [O]=[V](=[O])[O][U]. The fourth-order valence-corrected chi connectivity index (χ4v) is 0. The van der Waals surface area contributed by atoms with Crippen LogP contribution in [0.3, 0.4) is 0 Å². The van der Waals surface area contributed by atoms with Crippen molar-refractivity contribution in [2.45, 2.75) is 0 Å². The Kier molecular flexibility index (Phi) is 4.20. The van der Waals surface area contributed by atoms with Gasteiger partial charge in [0.05, 0.1) is 0 Å². The van der Waals surface area contributed by atoms with Gasteiger partial charge in [0.2, 0.25) is 0 Å². The average Bonchev–Trinajstić information content (AvgIpc) is 1.38. The second-order valence-electron chi connectivity index (χ2n) is 0.315. The predicted molar refractivity (Wildman–Crippen MR) is 2.46 cm³/mol. The fraction of sp³-hybridized carbons (Fsp3) is 0. The molecule has 0 radical (unpaired) electrons. The molecule has 0 N–H and O–H groups in total. The summed E-state index contributed by atoms with van der Waals surface area (Å²) < 4.78 is 22.6. The summed E-state index contributed by atoms with van der Waals surface area (Å²) in [4.78, 5) is 0. The van der Waals surface area contributed by atoms with Gasteiger partial charge in [-0.15, -0.1) is 0 Å². The second kappa shape index (κ2) is 3.39. The summed E-state index contributed by atoms with van der Waals surface area (Å²) in [5.41, 5.74) is 0. The van der Waals surface area contributed by atoms with Gasteiger partial charge in [0.1, 0.15) is 0 Å². The van der Waals surface area contributed by atoms with Gasteiger partial charge in [0, 0.05) is 0 Å². The van der Waals surface area contributed by atoms with Crippen LogP contribution in [0.25, 0.3) is 0 Å². The first kappa shape index (κ1) is 6.20. The van der Waals surface area contributed by atoms with Crippen molar-refractivity contribution in [1.82, 2.24) is 0 Å². The van der Waals surface area contributed by atoms with Crippen molar-refractivity contribution in [3.63, 3.8) is 0 Å². The summed E-state index contributed by atoms with van der Waals surface area (Å²) in [6, 6.07) is 0. The number of rotatable bonds is 1. The Labute approximate surface area is 53.4 Å². The molecule has 0 saturated heterocycles. The van der Waals surface area contributed by atoms with Crippen LogP contribution in [0.2, 0.25) is 0 Å². The summed E-state index contributed by atoms with van der Waals surface area (Å²) in [6.45, 7) is 0. The van der Waals surface area contributed by atoms with Crippen LogP contribution in [0.1, 0.15) is 0 Å². The van der Waals surface area contributed by atoms with E-state index in [4.69, 9.17) is 0 Å². The van der Waals surface area contributed by atoms with Gasteiger partial charge in [0.25, 0.3) is 0 Å². The molecule has 0 bridgehead atoms.